The second-order valence-electron chi connectivity index (χ2n) is 3.33. The molecule has 2 aromatic carbocycles. The van der Waals surface area contributed by atoms with Crippen molar-refractivity contribution in [3.05, 3.63) is 52.5 Å². The zero-order chi connectivity index (χ0) is 11.7. The predicted molar refractivity (Wildman–Crippen MR) is 63.9 cm³/mol. The van der Waals surface area contributed by atoms with Gasteiger partial charge in [0.25, 0.3) is 0 Å². The Morgan fingerprint density at radius 2 is 1.62 bits per heavy atom. The molecule has 0 radical (unpaired) electrons. The van der Waals surface area contributed by atoms with Gasteiger partial charge in [-0.3, -0.25) is 0 Å². The maximum absolute atomic E-state index is 13.6. The molecule has 0 aliphatic carbocycles. The van der Waals surface area contributed by atoms with Gasteiger partial charge in [0, 0.05) is 16.8 Å². The average molecular weight is 284 g/mol. The summed E-state index contributed by atoms with van der Waals surface area (Å²) >= 11 is 2.93. The highest BCUT2D eigenvalue weighted by molar-refractivity contribution is 9.10. The van der Waals surface area contributed by atoms with Gasteiger partial charge in [-0.2, -0.15) is 0 Å². The van der Waals surface area contributed by atoms with Crippen LogP contribution in [0.3, 0.4) is 0 Å². The minimum absolute atomic E-state index is 0.100. The Hall–Kier alpha value is -1.42. The van der Waals surface area contributed by atoms with Crippen LogP contribution in [0, 0.1) is 11.6 Å². The highest BCUT2D eigenvalue weighted by atomic mass is 79.9. The molecule has 0 atom stereocenters. The third-order valence-corrected chi connectivity index (χ3v) is 2.87. The number of hydrogen-bond acceptors (Lipinski definition) is 1. The molecule has 0 saturated carbocycles. The van der Waals surface area contributed by atoms with Crippen molar-refractivity contribution in [2.45, 2.75) is 0 Å². The van der Waals surface area contributed by atoms with Crippen LogP contribution in [0.25, 0.3) is 11.1 Å². The fourth-order valence-corrected chi connectivity index (χ4v) is 1.79. The zero-order valence-electron chi connectivity index (χ0n) is 8.18. The van der Waals surface area contributed by atoms with Crippen LogP contribution in [0.1, 0.15) is 0 Å². The first-order chi connectivity index (χ1) is 7.59. The Kier molecular flexibility index (Phi) is 2.92. The van der Waals surface area contributed by atoms with Crippen LogP contribution >= 0.6 is 15.9 Å². The van der Waals surface area contributed by atoms with Crippen LogP contribution < -0.4 is 5.73 Å². The molecule has 16 heavy (non-hydrogen) atoms. The van der Waals surface area contributed by atoms with Crippen LogP contribution in [0.4, 0.5) is 14.5 Å². The van der Waals surface area contributed by atoms with Crippen LogP contribution in [-0.4, -0.2) is 0 Å². The van der Waals surface area contributed by atoms with Crippen molar-refractivity contribution in [2.24, 2.45) is 0 Å². The van der Waals surface area contributed by atoms with Gasteiger partial charge in [0.15, 0.2) is 0 Å². The molecule has 82 valence electrons. The van der Waals surface area contributed by atoms with E-state index in [1.807, 2.05) is 0 Å². The number of hydrogen-bond donors (Lipinski definition) is 1. The summed E-state index contributed by atoms with van der Waals surface area (Å²) in [4.78, 5) is 0. The van der Waals surface area contributed by atoms with Gasteiger partial charge in [-0.25, -0.2) is 8.78 Å². The minimum atomic E-state index is -0.514. The van der Waals surface area contributed by atoms with Crippen molar-refractivity contribution in [1.82, 2.24) is 0 Å². The Labute approximate surface area is 100 Å². The van der Waals surface area contributed by atoms with E-state index in [2.05, 4.69) is 15.9 Å². The zero-order valence-corrected chi connectivity index (χ0v) is 9.76. The van der Waals surface area contributed by atoms with Crippen molar-refractivity contribution >= 4 is 21.6 Å². The lowest BCUT2D eigenvalue weighted by Crippen LogP contribution is -1.93. The summed E-state index contributed by atoms with van der Waals surface area (Å²) in [5.41, 5.74) is 6.79. The third-order valence-electron chi connectivity index (χ3n) is 2.26. The van der Waals surface area contributed by atoms with E-state index in [0.29, 0.717) is 11.3 Å². The molecule has 2 rings (SSSR count). The van der Waals surface area contributed by atoms with Crippen molar-refractivity contribution in [3.63, 3.8) is 0 Å². The van der Waals surface area contributed by atoms with Gasteiger partial charge in [0.05, 0.1) is 4.47 Å². The van der Waals surface area contributed by atoms with Gasteiger partial charge in [0.2, 0.25) is 0 Å². The number of benzene rings is 2. The normalized spacial score (nSPS) is 10.4. The van der Waals surface area contributed by atoms with Crippen LogP contribution in [0.15, 0.2) is 40.9 Å². The molecule has 0 aliphatic heterocycles. The molecule has 2 N–H and O–H groups in total. The fraction of sp³-hybridized carbons (Fsp3) is 0. The van der Waals surface area contributed by atoms with Crippen molar-refractivity contribution in [2.75, 3.05) is 5.73 Å². The lowest BCUT2D eigenvalue weighted by atomic mass is 10.0. The van der Waals surface area contributed by atoms with Gasteiger partial charge in [-0.05, 0) is 34.1 Å². The quantitative estimate of drug-likeness (QED) is 0.622. The SMILES string of the molecule is Nc1ccccc1-c1cc(F)c(Br)cc1F. The molecule has 0 spiro atoms. The highest BCUT2D eigenvalue weighted by Gasteiger charge is 2.11. The fourth-order valence-electron chi connectivity index (χ4n) is 1.47. The largest absolute Gasteiger partial charge is 0.398 e. The number of nitrogens with two attached hydrogens (primary N) is 1. The summed E-state index contributed by atoms with van der Waals surface area (Å²) in [6.07, 6.45) is 0. The van der Waals surface area contributed by atoms with E-state index in [9.17, 15) is 8.78 Å². The van der Waals surface area contributed by atoms with Crippen molar-refractivity contribution < 1.29 is 8.78 Å². The summed E-state index contributed by atoms with van der Waals surface area (Å²) in [5, 5.41) is 0. The minimum Gasteiger partial charge on any atom is -0.398 e. The maximum Gasteiger partial charge on any atom is 0.138 e. The van der Waals surface area contributed by atoms with E-state index in [1.54, 1.807) is 24.3 Å². The molecule has 0 aromatic heterocycles. The number of anilines is 1. The van der Waals surface area contributed by atoms with Gasteiger partial charge < -0.3 is 5.73 Å². The molecular weight excluding hydrogens is 276 g/mol. The summed E-state index contributed by atoms with van der Waals surface area (Å²) in [5.74, 6) is -1.02. The maximum atomic E-state index is 13.6. The Morgan fingerprint density at radius 3 is 2.31 bits per heavy atom. The average Bonchev–Trinajstić information content (AvgIpc) is 2.25. The predicted octanol–water partition coefficient (Wildman–Crippen LogP) is 3.98. The van der Waals surface area contributed by atoms with Crippen LogP contribution in [-0.2, 0) is 0 Å². The van der Waals surface area contributed by atoms with Gasteiger partial charge >= 0.3 is 0 Å². The topological polar surface area (TPSA) is 26.0 Å². The molecular formula is C12H8BrF2N. The van der Waals surface area contributed by atoms with E-state index >= 15 is 0 Å². The van der Waals surface area contributed by atoms with E-state index in [-0.39, 0.29) is 10.0 Å². The lowest BCUT2D eigenvalue weighted by molar-refractivity contribution is 0.597. The van der Waals surface area contributed by atoms with Crippen molar-refractivity contribution in [1.29, 1.82) is 0 Å². The molecule has 0 heterocycles. The molecule has 0 unspecified atom stereocenters. The summed E-state index contributed by atoms with van der Waals surface area (Å²) in [7, 11) is 0. The molecule has 1 nitrogen and oxygen atoms in total. The number of nitrogen functional groups attached to an aromatic ring is 1. The molecule has 0 aliphatic rings. The third kappa shape index (κ3) is 1.93. The molecule has 0 saturated heterocycles. The van der Waals surface area contributed by atoms with Crippen LogP contribution in [0.2, 0.25) is 0 Å². The van der Waals surface area contributed by atoms with Gasteiger partial charge in [-0.15, -0.1) is 0 Å². The highest BCUT2D eigenvalue weighted by Crippen LogP contribution is 2.31. The number of rotatable bonds is 1. The molecule has 0 bridgehead atoms. The lowest BCUT2D eigenvalue weighted by Gasteiger charge is -2.07. The second kappa shape index (κ2) is 4.22. The Bertz CT molecular complexity index is 541. The van der Waals surface area contributed by atoms with Gasteiger partial charge in [-0.1, -0.05) is 18.2 Å². The van der Waals surface area contributed by atoms with Crippen LogP contribution in [0.5, 0.6) is 0 Å². The first-order valence-electron chi connectivity index (χ1n) is 4.59. The summed E-state index contributed by atoms with van der Waals surface area (Å²) < 4.78 is 27.1. The Balaban J connectivity index is 2.65. The molecule has 0 amide bonds. The summed E-state index contributed by atoms with van der Waals surface area (Å²) in [6, 6.07) is 9.00. The number of para-hydroxylation sites is 1. The van der Waals surface area contributed by atoms with E-state index < -0.39 is 11.6 Å². The van der Waals surface area contributed by atoms with Gasteiger partial charge in [0.1, 0.15) is 11.6 Å². The summed E-state index contributed by atoms with van der Waals surface area (Å²) in [6.45, 7) is 0. The molecule has 0 fully saturated rings. The smallest absolute Gasteiger partial charge is 0.138 e. The molecule has 2 aromatic rings. The monoisotopic (exact) mass is 283 g/mol. The first-order valence-corrected chi connectivity index (χ1v) is 5.38. The second-order valence-corrected chi connectivity index (χ2v) is 4.19. The van der Waals surface area contributed by atoms with Crippen molar-refractivity contribution in [3.8, 4) is 11.1 Å². The molecule has 4 heteroatoms. The van der Waals surface area contributed by atoms with E-state index in [0.717, 1.165) is 12.1 Å². The first kappa shape index (κ1) is 11.1. The van der Waals surface area contributed by atoms with E-state index in [1.165, 1.54) is 0 Å². The Morgan fingerprint density at radius 1 is 0.938 bits per heavy atom. The standard InChI is InChI=1S/C12H8BrF2N/c13-9-6-10(14)8(5-11(9)15)7-3-1-2-4-12(7)16/h1-6H,16H2. The number of halogens is 3. The van der Waals surface area contributed by atoms with E-state index in [4.69, 9.17) is 5.73 Å².